The van der Waals surface area contributed by atoms with E-state index in [-0.39, 0.29) is 0 Å². The van der Waals surface area contributed by atoms with Gasteiger partial charge in [0.2, 0.25) is 5.95 Å². The first-order chi connectivity index (χ1) is 13.2. The van der Waals surface area contributed by atoms with Crippen LogP contribution >= 0.6 is 23.2 Å². The van der Waals surface area contributed by atoms with E-state index in [0.29, 0.717) is 23.1 Å². The van der Waals surface area contributed by atoms with Crippen LogP contribution in [0.4, 0.5) is 11.6 Å². The lowest BCUT2D eigenvalue weighted by atomic mass is 9.89. The van der Waals surface area contributed by atoms with Crippen molar-refractivity contribution >= 4 is 45.7 Å². The van der Waals surface area contributed by atoms with Crippen LogP contribution in [0.2, 0.25) is 10.2 Å². The highest BCUT2D eigenvalue weighted by Gasteiger charge is 2.27. The molecule has 1 aliphatic heterocycles. The third-order valence-corrected chi connectivity index (χ3v) is 6.06. The molecule has 1 aliphatic carbocycles. The van der Waals surface area contributed by atoms with Crippen molar-refractivity contribution in [2.24, 2.45) is 0 Å². The summed E-state index contributed by atoms with van der Waals surface area (Å²) >= 11 is 13.0. The molecule has 0 spiro atoms. The van der Waals surface area contributed by atoms with Gasteiger partial charge in [-0.2, -0.15) is 5.10 Å². The molecule has 0 radical (unpaired) electrons. The maximum absolute atomic E-state index is 6.55. The lowest BCUT2D eigenvalue weighted by molar-refractivity contribution is 0.461. The van der Waals surface area contributed by atoms with Gasteiger partial charge in [-0.1, -0.05) is 23.2 Å². The zero-order valence-electron chi connectivity index (χ0n) is 14.8. The first-order valence-electron chi connectivity index (χ1n) is 9.36. The van der Waals surface area contributed by atoms with E-state index in [2.05, 4.69) is 31.8 Å². The molecule has 3 aromatic rings. The molecular formula is C19H20Cl2N6. The van der Waals surface area contributed by atoms with Crippen LogP contribution in [0.25, 0.3) is 10.9 Å². The van der Waals surface area contributed by atoms with E-state index >= 15 is 0 Å². The van der Waals surface area contributed by atoms with Crippen molar-refractivity contribution in [3.8, 4) is 0 Å². The number of aromatic nitrogens is 4. The first-order valence-corrected chi connectivity index (χ1v) is 10.1. The van der Waals surface area contributed by atoms with Crippen molar-refractivity contribution in [2.75, 3.05) is 18.4 Å². The van der Waals surface area contributed by atoms with Gasteiger partial charge < -0.3 is 10.6 Å². The van der Waals surface area contributed by atoms with E-state index in [0.717, 1.165) is 60.4 Å². The van der Waals surface area contributed by atoms with Crippen LogP contribution in [-0.4, -0.2) is 32.8 Å². The van der Waals surface area contributed by atoms with Gasteiger partial charge in [0.25, 0.3) is 0 Å². The summed E-state index contributed by atoms with van der Waals surface area (Å²) < 4.78 is 1.86. The molecule has 1 saturated carbocycles. The summed E-state index contributed by atoms with van der Waals surface area (Å²) in [6, 6.07) is 4.51. The Morgan fingerprint density at radius 1 is 1.07 bits per heavy atom. The maximum atomic E-state index is 6.55. The number of fused-ring (bicyclic) bond motifs is 1. The number of rotatable bonds is 4. The molecule has 0 atom stereocenters. The van der Waals surface area contributed by atoms with Crippen LogP contribution < -0.4 is 10.6 Å². The van der Waals surface area contributed by atoms with Crippen LogP contribution in [0.1, 0.15) is 43.2 Å². The summed E-state index contributed by atoms with van der Waals surface area (Å²) in [5, 5.41) is 13.3. The highest BCUT2D eigenvalue weighted by atomic mass is 35.5. The van der Waals surface area contributed by atoms with E-state index in [1.54, 1.807) is 12.4 Å². The van der Waals surface area contributed by atoms with Gasteiger partial charge in [0, 0.05) is 16.6 Å². The molecule has 0 bridgehead atoms. The minimum absolute atomic E-state index is 0.431. The molecule has 0 unspecified atom stereocenters. The zero-order chi connectivity index (χ0) is 18.4. The fourth-order valence-electron chi connectivity index (χ4n) is 3.70. The third kappa shape index (κ3) is 3.37. The molecule has 140 valence electrons. The van der Waals surface area contributed by atoms with Crippen molar-refractivity contribution in [2.45, 2.75) is 37.6 Å². The number of anilines is 2. The number of hydrogen-bond acceptors (Lipinski definition) is 5. The second-order valence-electron chi connectivity index (χ2n) is 7.30. The fourth-order valence-corrected chi connectivity index (χ4v) is 4.30. The normalized spacial score (nSPS) is 18.1. The number of hydrogen-bond donors (Lipinski definition) is 2. The smallest absolute Gasteiger partial charge is 0.227 e. The summed E-state index contributed by atoms with van der Waals surface area (Å²) in [5.74, 6) is 0.985. The Balaban J connectivity index is 1.46. The van der Waals surface area contributed by atoms with Gasteiger partial charge in [0.15, 0.2) is 5.15 Å². The Bertz CT molecular complexity index is 991. The molecule has 1 saturated heterocycles. The number of halogens is 2. The van der Waals surface area contributed by atoms with Gasteiger partial charge in [-0.05, 0) is 62.4 Å². The van der Waals surface area contributed by atoms with Crippen molar-refractivity contribution in [3.63, 3.8) is 0 Å². The maximum Gasteiger partial charge on any atom is 0.227 e. The minimum Gasteiger partial charge on any atom is -0.320 e. The Labute approximate surface area is 167 Å². The first kappa shape index (κ1) is 17.2. The van der Waals surface area contributed by atoms with Gasteiger partial charge in [-0.3, -0.25) is 0 Å². The largest absolute Gasteiger partial charge is 0.320 e. The van der Waals surface area contributed by atoms with Gasteiger partial charge in [0.05, 0.1) is 23.4 Å². The molecule has 1 aromatic carbocycles. The summed E-state index contributed by atoms with van der Waals surface area (Å²) in [4.78, 5) is 9.10. The molecule has 5 rings (SSSR count). The van der Waals surface area contributed by atoms with Crippen molar-refractivity contribution in [1.29, 1.82) is 0 Å². The van der Waals surface area contributed by atoms with Crippen molar-refractivity contribution in [1.82, 2.24) is 25.1 Å². The highest BCUT2D eigenvalue weighted by molar-refractivity contribution is 6.32. The molecule has 2 fully saturated rings. The van der Waals surface area contributed by atoms with Crippen LogP contribution in [-0.2, 0) is 0 Å². The predicted molar refractivity (Wildman–Crippen MR) is 108 cm³/mol. The number of piperidine rings is 1. The molecule has 2 aromatic heterocycles. The molecule has 2 aliphatic rings. The molecule has 3 heterocycles. The molecule has 8 heteroatoms. The second-order valence-corrected chi connectivity index (χ2v) is 8.07. The van der Waals surface area contributed by atoms with Gasteiger partial charge in [0.1, 0.15) is 0 Å². The summed E-state index contributed by atoms with van der Waals surface area (Å²) in [7, 11) is 0. The van der Waals surface area contributed by atoms with Crippen LogP contribution in [0.5, 0.6) is 0 Å². The molecule has 6 nitrogen and oxygen atoms in total. The monoisotopic (exact) mass is 402 g/mol. The molecule has 0 amide bonds. The second kappa shape index (κ2) is 6.93. The Hall–Kier alpha value is -1.89. The van der Waals surface area contributed by atoms with E-state index < -0.39 is 0 Å². The Kier molecular flexibility index (Phi) is 4.42. The number of nitrogens with zero attached hydrogens (tertiary/aromatic N) is 4. The minimum atomic E-state index is 0.431. The van der Waals surface area contributed by atoms with Gasteiger partial charge in [-0.25, -0.2) is 14.6 Å². The standard InChI is InChI=1S/C19H20Cl2N6/c20-15-7-12-9-23-19(26-17-10-24-27(18(17)21)13-1-2-13)25-16(12)8-14(15)11-3-5-22-6-4-11/h7-11,13,22H,1-6H2,(H,23,25,26). The molecule has 2 N–H and O–H groups in total. The van der Waals surface area contributed by atoms with Crippen LogP contribution in [0.3, 0.4) is 0 Å². The van der Waals surface area contributed by atoms with Crippen molar-refractivity contribution in [3.05, 3.63) is 40.3 Å². The predicted octanol–water partition coefficient (Wildman–Crippen LogP) is 4.68. The van der Waals surface area contributed by atoms with E-state index in [9.17, 15) is 0 Å². The van der Waals surface area contributed by atoms with E-state index in [1.807, 2.05) is 10.7 Å². The third-order valence-electron chi connectivity index (χ3n) is 5.35. The topological polar surface area (TPSA) is 67.7 Å². The summed E-state index contributed by atoms with van der Waals surface area (Å²) in [6.45, 7) is 2.05. The quantitative estimate of drug-likeness (QED) is 0.662. The Morgan fingerprint density at radius 3 is 2.67 bits per heavy atom. The number of benzene rings is 1. The fraction of sp³-hybridized carbons (Fsp3) is 0.421. The Morgan fingerprint density at radius 2 is 1.89 bits per heavy atom. The van der Waals surface area contributed by atoms with Crippen LogP contribution in [0.15, 0.2) is 24.5 Å². The van der Waals surface area contributed by atoms with Crippen molar-refractivity contribution < 1.29 is 0 Å². The number of nitrogens with one attached hydrogen (secondary N) is 2. The summed E-state index contributed by atoms with van der Waals surface area (Å²) in [5.41, 5.74) is 2.79. The lowest BCUT2D eigenvalue weighted by Gasteiger charge is -2.24. The van der Waals surface area contributed by atoms with E-state index in [1.165, 1.54) is 5.56 Å². The zero-order valence-corrected chi connectivity index (χ0v) is 16.3. The molecular weight excluding hydrogens is 383 g/mol. The SMILES string of the molecule is Clc1cc2cnc(Nc3cnn(C4CC4)c3Cl)nc2cc1C1CCNCC1. The van der Waals surface area contributed by atoms with Crippen LogP contribution in [0, 0.1) is 0 Å². The summed E-state index contributed by atoms with van der Waals surface area (Å²) in [6.07, 6.45) is 7.98. The van der Waals surface area contributed by atoms with Gasteiger partial charge in [-0.15, -0.1) is 0 Å². The lowest BCUT2D eigenvalue weighted by Crippen LogP contribution is -2.26. The van der Waals surface area contributed by atoms with Gasteiger partial charge >= 0.3 is 0 Å². The average Bonchev–Trinajstić information content (AvgIpc) is 3.47. The average molecular weight is 403 g/mol. The molecule has 27 heavy (non-hydrogen) atoms. The van der Waals surface area contributed by atoms with E-state index in [4.69, 9.17) is 23.2 Å². The highest BCUT2D eigenvalue weighted by Crippen LogP contribution is 2.39.